The molecular formula is C20H26ClN3O. The molecule has 0 aromatic heterocycles. The van der Waals surface area contributed by atoms with Crippen LogP contribution in [0, 0.1) is 0 Å². The molecule has 0 aliphatic heterocycles. The summed E-state index contributed by atoms with van der Waals surface area (Å²) in [5.74, 6) is -0.0157. The van der Waals surface area contributed by atoms with Crippen LogP contribution in [0.3, 0.4) is 0 Å². The summed E-state index contributed by atoms with van der Waals surface area (Å²) >= 11 is 5.97. The van der Waals surface area contributed by atoms with Crippen molar-refractivity contribution in [3.05, 3.63) is 64.7 Å². The van der Waals surface area contributed by atoms with Gasteiger partial charge in [-0.25, -0.2) is 0 Å². The summed E-state index contributed by atoms with van der Waals surface area (Å²) in [5.41, 5.74) is 7.84. The zero-order valence-corrected chi connectivity index (χ0v) is 16.0. The van der Waals surface area contributed by atoms with Gasteiger partial charge in [0.15, 0.2) is 0 Å². The molecule has 0 bridgehead atoms. The summed E-state index contributed by atoms with van der Waals surface area (Å²) in [7, 11) is 3.99. The Morgan fingerprint density at radius 1 is 1.12 bits per heavy atom. The first-order valence-corrected chi connectivity index (χ1v) is 8.66. The molecule has 0 aliphatic rings. The Morgan fingerprint density at radius 3 is 2.20 bits per heavy atom. The third-order valence-electron chi connectivity index (χ3n) is 4.53. The monoisotopic (exact) mass is 359 g/mol. The van der Waals surface area contributed by atoms with Crippen molar-refractivity contribution in [2.45, 2.75) is 25.3 Å². The van der Waals surface area contributed by atoms with Gasteiger partial charge in [0.25, 0.3) is 0 Å². The van der Waals surface area contributed by atoms with Crippen LogP contribution in [0.1, 0.15) is 31.0 Å². The fourth-order valence-corrected chi connectivity index (χ4v) is 2.85. The minimum atomic E-state index is -0.634. The predicted molar refractivity (Wildman–Crippen MR) is 105 cm³/mol. The summed E-state index contributed by atoms with van der Waals surface area (Å²) in [6.45, 7) is 4.35. The van der Waals surface area contributed by atoms with Crippen LogP contribution in [0.5, 0.6) is 0 Å². The van der Waals surface area contributed by atoms with E-state index in [9.17, 15) is 4.79 Å². The molecule has 4 nitrogen and oxygen atoms in total. The van der Waals surface area contributed by atoms with E-state index in [1.165, 1.54) is 0 Å². The lowest BCUT2D eigenvalue weighted by atomic mass is 9.83. The smallest absolute Gasteiger partial charge is 0.230 e. The molecule has 1 unspecified atom stereocenters. The standard InChI is InChI=1S/C20H26ClN3O/c1-20(2,15-7-11-17(22)12-8-15)19(25)23-13-18(24(3)4)14-5-9-16(21)10-6-14/h5-12,18H,13,22H2,1-4H3,(H,23,25). The molecule has 0 saturated heterocycles. The fourth-order valence-electron chi connectivity index (χ4n) is 2.72. The minimum Gasteiger partial charge on any atom is -0.399 e. The molecule has 0 fully saturated rings. The highest BCUT2D eigenvalue weighted by atomic mass is 35.5. The highest BCUT2D eigenvalue weighted by molar-refractivity contribution is 6.30. The van der Waals surface area contributed by atoms with E-state index in [-0.39, 0.29) is 11.9 Å². The number of nitrogens with zero attached hydrogens (tertiary/aromatic N) is 1. The van der Waals surface area contributed by atoms with Crippen LogP contribution in [0.25, 0.3) is 0 Å². The Bertz CT molecular complexity index is 709. The molecule has 0 aliphatic carbocycles. The Hall–Kier alpha value is -2.04. The molecule has 0 heterocycles. The predicted octanol–water partition coefficient (Wildman–Crippen LogP) is 3.62. The summed E-state index contributed by atoms with van der Waals surface area (Å²) in [6.07, 6.45) is 0. The molecule has 1 amide bonds. The highest BCUT2D eigenvalue weighted by Crippen LogP contribution is 2.25. The lowest BCUT2D eigenvalue weighted by Gasteiger charge is -2.29. The maximum atomic E-state index is 12.8. The molecule has 0 spiro atoms. The number of hydrogen-bond donors (Lipinski definition) is 2. The number of hydrogen-bond acceptors (Lipinski definition) is 3. The van der Waals surface area contributed by atoms with Crippen molar-refractivity contribution in [3.63, 3.8) is 0 Å². The van der Waals surface area contributed by atoms with Gasteiger partial charge in [0, 0.05) is 17.3 Å². The number of nitrogen functional groups attached to an aromatic ring is 1. The van der Waals surface area contributed by atoms with Crippen LogP contribution < -0.4 is 11.1 Å². The summed E-state index contributed by atoms with van der Waals surface area (Å²) in [4.78, 5) is 14.9. The van der Waals surface area contributed by atoms with Crippen LogP contribution >= 0.6 is 11.6 Å². The first-order valence-electron chi connectivity index (χ1n) is 8.28. The lowest BCUT2D eigenvalue weighted by Crippen LogP contribution is -2.43. The van der Waals surface area contributed by atoms with E-state index in [1.807, 2.05) is 76.5 Å². The molecule has 0 radical (unpaired) electrons. The highest BCUT2D eigenvalue weighted by Gasteiger charge is 2.30. The fraction of sp³-hybridized carbons (Fsp3) is 0.350. The molecule has 2 rings (SSSR count). The maximum absolute atomic E-state index is 12.8. The van der Waals surface area contributed by atoms with Crippen LogP contribution in [-0.2, 0) is 10.2 Å². The maximum Gasteiger partial charge on any atom is 0.230 e. The van der Waals surface area contributed by atoms with Gasteiger partial charge < -0.3 is 16.0 Å². The average Bonchev–Trinajstić information content (AvgIpc) is 2.56. The summed E-state index contributed by atoms with van der Waals surface area (Å²) in [6, 6.07) is 15.2. The molecule has 2 aromatic rings. The number of anilines is 1. The van der Waals surface area contributed by atoms with E-state index in [2.05, 4.69) is 10.2 Å². The van der Waals surface area contributed by atoms with Gasteiger partial charge in [0.2, 0.25) is 5.91 Å². The Balaban J connectivity index is 2.10. The van der Waals surface area contributed by atoms with Gasteiger partial charge in [-0.2, -0.15) is 0 Å². The van der Waals surface area contributed by atoms with Gasteiger partial charge in [0.1, 0.15) is 0 Å². The van der Waals surface area contributed by atoms with Gasteiger partial charge in [-0.15, -0.1) is 0 Å². The third-order valence-corrected chi connectivity index (χ3v) is 4.79. The van der Waals surface area contributed by atoms with Crippen molar-refractivity contribution in [1.29, 1.82) is 0 Å². The topological polar surface area (TPSA) is 58.4 Å². The van der Waals surface area contributed by atoms with Crippen LogP contribution in [-0.4, -0.2) is 31.4 Å². The first-order chi connectivity index (χ1) is 11.7. The normalized spacial score (nSPS) is 12.9. The SMILES string of the molecule is CN(C)C(CNC(=O)C(C)(C)c1ccc(N)cc1)c1ccc(Cl)cc1. The number of likely N-dealkylation sites (N-methyl/N-ethyl adjacent to an activating group) is 1. The van der Waals surface area contributed by atoms with Gasteiger partial charge >= 0.3 is 0 Å². The number of benzene rings is 2. The second kappa shape index (κ2) is 7.89. The largest absolute Gasteiger partial charge is 0.399 e. The molecular weight excluding hydrogens is 334 g/mol. The van der Waals surface area contributed by atoms with Crippen molar-refractivity contribution < 1.29 is 4.79 Å². The second-order valence-corrected chi connectivity index (χ2v) is 7.42. The average molecular weight is 360 g/mol. The molecule has 0 saturated carbocycles. The minimum absolute atomic E-state index is 0.0157. The van der Waals surface area contributed by atoms with Crippen LogP contribution in [0.4, 0.5) is 5.69 Å². The quantitative estimate of drug-likeness (QED) is 0.774. The molecule has 134 valence electrons. The van der Waals surface area contributed by atoms with Gasteiger partial charge in [-0.1, -0.05) is 35.9 Å². The number of nitrogens with two attached hydrogens (primary N) is 1. The Kier molecular flexibility index (Phi) is 6.09. The van der Waals surface area contributed by atoms with E-state index in [4.69, 9.17) is 17.3 Å². The van der Waals surface area contributed by atoms with Gasteiger partial charge in [-0.3, -0.25) is 4.79 Å². The van der Waals surface area contributed by atoms with Gasteiger partial charge in [-0.05, 0) is 63.3 Å². The molecule has 25 heavy (non-hydrogen) atoms. The van der Waals surface area contributed by atoms with Crippen LogP contribution in [0.2, 0.25) is 5.02 Å². The molecule has 5 heteroatoms. The van der Waals surface area contributed by atoms with E-state index < -0.39 is 5.41 Å². The zero-order chi connectivity index (χ0) is 18.6. The van der Waals surface area contributed by atoms with E-state index in [0.29, 0.717) is 17.3 Å². The van der Waals surface area contributed by atoms with Gasteiger partial charge in [0.05, 0.1) is 11.5 Å². The first kappa shape index (κ1) is 19.3. The number of rotatable bonds is 6. The molecule has 2 aromatic carbocycles. The number of halogens is 1. The van der Waals surface area contributed by atoms with Crippen LogP contribution in [0.15, 0.2) is 48.5 Å². The van der Waals surface area contributed by atoms with E-state index >= 15 is 0 Å². The van der Waals surface area contributed by atoms with Crippen molar-refractivity contribution in [2.75, 3.05) is 26.4 Å². The van der Waals surface area contributed by atoms with Crippen molar-refractivity contribution in [2.24, 2.45) is 0 Å². The third kappa shape index (κ3) is 4.74. The number of nitrogens with one attached hydrogen (secondary N) is 1. The second-order valence-electron chi connectivity index (χ2n) is 6.99. The number of carbonyl (C=O) groups excluding carboxylic acids is 1. The Morgan fingerprint density at radius 2 is 1.68 bits per heavy atom. The number of amides is 1. The molecule has 1 atom stereocenters. The van der Waals surface area contributed by atoms with Crippen molar-refractivity contribution >= 4 is 23.2 Å². The number of carbonyl (C=O) groups is 1. The summed E-state index contributed by atoms with van der Waals surface area (Å²) in [5, 5.41) is 3.79. The summed E-state index contributed by atoms with van der Waals surface area (Å²) < 4.78 is 0. The molecule has 3 N–H and O–H groups in total. The van der Waals surface area contributed by atoms with E-state index in [0.717, 1.165) is 11.1 Å². The van der Waals surface area contributed by atoms with Crippen molar-refractivity contribution in [1.82, 2.24) is 10.2 Å². The zero-order valence-electron chi connectivity index (χ0n) is 15.2. The van der Waals surface area contributed by atoms with Crippen molar-refractivity contribution in [3.8, 4) is 0 Å². The lowest BCUT2D eigenvalue weighted by molar-refractivity contribution is -0.125. The van der Waals surface area contributed by atoms with E-state index in [1.54, 1.807) is 0 Å². The Labute approximate surface area is 155 Å².